The molecule has 0 aromatic rings. The molecule has 0 aromatic carbocycles. The van der Waals surface area contributed by atoms with Crippen LogP contribution >= 0.6 is 47.8 Å². The smallest absolute Gasteiger partial charge is 0.00655 e. The summed E-state index contributed by atoms with van der Waals surface area (Å²) >= 11 is 10.9. The minimum atomic E-state index is 0.873. The number of rotatable bonds is 3. The van der Waals surface area contributed by atoms with Crippen LogP contribution in [0.25, 0.3) is 0 Å². The fraction of sp³-hybridized carbons (Fsp3) is 1.00. The Labute approximate surface area is 100 Å². The van der Waals surface area contributed by atoms with Gasteiger partial charge in [-0.1, -0.05) is 54.2 Å². The van der Waals surface area contributed by atoms with Gasteiger partial charge in [0.1, 0.15) is 0 Å². The molecule has 72 valence electrons. The van der Waals surface area contributed by atoms with E-state index in [4.69, 9.17) is 0 Å². The van der Waals surface area contributed by atoms with Gasteiger partial charge in [0.15, 0.2) is 0 Å². The first kappa shape index (κ1) is 11.5. The van der Waals surface area contributed by atoms with Crippen molar-refractivity contribution in [2.45, 2.75) is 19.3 Å². The second-order valence-corrected chi connectivity index (χ2v) is 5.52. The highest BCUT2D eigenvalue weighted by Gasteiger charge is 2.30. The lowest BCUT2D eigenvalue weighted by Crippen LogP contribution is -2.31. The third-order valence-corrected chi connectivity index (χ3v) is 5.35. The molecule has 1 fully saturated rings. The van der Waals surface area contributed by atoms with Crippen molar-refractivity contribution in [3.05, 3.63) is 0 Å². The lowest BCUT2D eigenvalue weighted by atomic mass is 9.75. The number of hydrogen-bond donors (Lipinski definition) is 0. The van der Waals surface area contributed by atoms with Crippen LogP contribution in [0.5, 0.6) is 0 Å². The SMILES string of the molecule is BrCC1CCCC(CBr)C1CBr. The van der Waals surface area contributed by atoms with E-state index < -0.39 is 0 Å². The van der Waals surface area contributed by atoms with E-state index in [0.717, 1.165) is 17.8 Å². The summed E-state index contributed by atoms with van der Waals surface area (Å²) in [5.41, 5.74) is 0. The van der Waals surface area contributed by atoms with Crippen LogP contribution in [0.1, 0.15) is 19.3 Å². The number of hydrogen-bond acceptors (Lipinski definition) is 0. The third kappa shape index (κ3) is 2.71. The molecule has 0 aromatic heterocycles. The second-order valence-electron chi connectivity index (χ2n) is 3.58. The maximum Gasteiger partial charge on any atom is 0.00655 e. The van der Waals surface area contributed by atoms with E-state index in [1.165, 1.54) is 35.3 Å². The molecule has 0 saturated heterocycles. The minimum absolute atomic E-state index is 0.873. The zero-order valence-corrected chi connectivity index (χ0v) is 11.9. The summed E-state index contributed by atoms with van der Waals surface area (Å²) in [4.78, 5) is 0. The lowest BCUT2D eigenvalue weighted by molar-refractivity contribution is 0.212. The molecule has 0 amide bonds. The van der Waals surface area contributed by atoms with Crippen LogP contribution in [0.3, 0.4) is 0 Å². The van der Waals surface area contributed by atoms with Crippen LogP contribution in [0, 0.1) is 17.8 Å². The van der Waals surface area contributed by atoms with Gasteiger partial charge in [0.2, 0.25) is 0 Å². The third-order valence-electron chi connectivity index (χ3n) is 2.94. The standard InChI is InChI=1S/C9H15Br3/c10-4-7-2-1-3-8(5-11)9(7)6-12/h7-9H,1-6H2. The van der Waals surface area contributed by atoms with Crippen LogP contribution in [0.15, 0.2) is 0 Å². The summed E-state index contributed by atoms with van der Waals surface area (Å²) in [6, 6.07) is 0. The summed E-state index contributed by atoms with van der Waals surface area (Å²) in [5, 5.41) is 3.51. The molecule has 0 N–H and O–H groups in total. The Morgan fingerprint density at radius 2 is 1.33 bits per heavy atom. The molecule has 0 radical (unpaired) electrons. The molecule has 2 unspecified atom stereocenters. The Hall–Kier alpha value is 1.44. The van der Waals surface area contributed by atoms with Crippen LogP contribution in [-0.4, -0.2) is 16.0 Å². The lowest BCUT2D eigenvalue weighted by Gasteiger charge is -2.35. The number of halogens is 3. The Balaban J connectivity index is 2.52. The molecule has 0 aliphatic heterocycles. The Morgan fingerprint density at radius 3 is 1.67 bits per heavy atom. The van der Waals surface area contributed by atoms with Crippen molar-refractivity contribution in [3.63, 3.8) is 0 Å². The van der Waals surface area contributed by atoms with Gasteiger partial charge in [0.25, 0.3) is 0 Å². The van der Waals surface area contributed by atoms with Crippen LogP contribution in [-0.2, 0) is 0 Å². The predicted octanol–water partition coefficient (Wildman–Crippen LogP) is 4.20. The first-order chi connectivity index (χ1) is 5.83. The van der Waals surface area contributed by atoms with Gasteiger partial charge in [-0.2, -0.15) is 0 Å². The van der Waals surface area contributed by atoms with Crippen LogP contribution in [0.2, 0.25) is 0 Å². The molecule has 1 aliphatic rings. The first-order valence-electron chi connectivity index (χ1n) is 4.51. The van der Waals surface area contributed by atoms with Gasteiger partial charge in [-0.25, -0.2) is 0 Å². The molecule has 2 atom stereocenters. The van der Waals surface area contributed by atoms with Crippen molar-refractivity contribution in [2.24, 2.45) is 17.8 Å². The average Bonchev–Trinajstić information content (AvgIpc) is 2.16. The van der Waals surface area contributed by atoms with Crippen molar-refractivity contribution < 1.29 is 0 Å². The van der Waals surface area contributed by atoms with Crippen molar-refractivity contribution >= 4 is 47.8 Å². The van der Waals surface area contributed by atoms with E-state index in [9.17, 15) is 0 Å². The highest BCUT2D eigenvalue weighted by Crippen LogP contribution is 2.37. The van der Waals surface area contributed by atoms with Gasteiger partial charge in [-0.05, 0) is 30.6 Å². The highest BCUT2D eigenvalue weighted by molar-refractivity contribution is 9.09. The quantitative estimate of drug-likeness (QED) is 0.660. The molecule has 12 heavy (non-hydrogen) atoms. The second kappa shape index (κ2) is 6.02. The molecular formula is C9H15Br3. The van der Waals surface area contributed by atoms with E-state index >= 15 is 0 Å². The molecule has 1 rings (SSSR count). The highest BCUT2D eigenvalue weighted by atomic mass is 79.9. The zero-order chi connectivity index (χ0) is 8.97. The van der Waals surface area contributed by atoms with E-state index in [0.29, 0.717) is 0 Å². The largest absolute Gasteiger partial charge is 0.0925 e. The Morgan fingerprint density at radius 1 is 0.833 bits per heavy atom. The van der Waals surface area contributed by atoms with Crippen molar-refractivity contribution in [1.82, 2.24) is 0 Å². The van der Waals surface area contributed by atoms with Gasteiger partial charge in [0, 0.05) is 16.0 Å². The predicted molar refractivity (Wildman–Crippen MR) is 65.7 cm³/mol. The van der Waals surface area contributed by atoms with Gasteiger partial charge in [0.05, 0.1) is 0 Å². The fourth-order valence-electron chi connectivity index (χ4n) is 2.09. The molecule has 1 aliphatic carbocycles. The molecule has 0 spiro atoms. The van der Waals surface area contributed by atoms with Gasteiger partial charge >= 0.3 is 0 Å². The first-order valence-corrected chi connectivity index (χ1v) is 7.87. The van der Waals surface area contributed by atoms with Crippen molar-refractivity contribution in [3.8, 4) is 0 Å². The van der Waals surface area contributed by atoms with E-state index in [1.807, 2.05) is 0 Å². The summed E-state index contributed by atoms with van der Waals surface area (Å²) in [5.74, 6) is 2.65. The van der Waals surface area contributed by atoms with E-state index in [2.05, 4.69) is 47.8 Å². The zero-order valence-electron chi connectivity index (χ0n) is 7.11. The minimum Gasteiger partial charge on any atom is -0.0925 e. The van der Waals surface area contributed by atoms with Crippen molar-refractivity contribution in [2.75, 3.05) is 16.0 Å². The maximum atomic E-state index is 3.63. The summed E-state index contributed by atoms with van der Waals surface area (Å²) in [6.07, 6.45) is 4.23. The van der Waals surface area contributed by atoms with E-state index in [-0.39, 0.29) is 0 Å². The van der Waals surface area contributed by atoms with E-state index in [1.54, 1.807) is 0 Å². The summed E-state index contributed by atoms with van der Waals surface area (Å²) < 4.78 is 0. The molecule has 1 saturated carbocycles. The van der Waals surface area contributed by atoms with Crippen molar-refractivity contribution in [1.29, 1.82) is 0 Å². The number of alkyl halides is 3. The van der Waals surface area contributed by atoms with Crippen LogP contribution in [0.4, 0.5) is 0 Å². The van der Waals surface area contributed by atoms with Gasteiger partial charge in [-0.3, -0.25) is 0 Å². The normalized spacial score (nSPS) is 36.8. The fourth-order valence-corrected chi connectivity index (χ4v) is 4.76. The van der Waals surface area contributed by atoms with Gasteiger partial charge < -0.3 is 0 Å². The maximum absolute atomic E-state index is 3.63. The molecule has 3 heteroatoms. The van der Waals surface area contributed by atoms with Gasteiger partial charge in [-0.15, -0.1) is 0 Å². The molecule has 0 heterocycles. The molecular weight excluding hydrogens is 348 g/mol. The summed E-state index contributed by atoms with van der Waals surface area (Å²) in [7, 11) is 0. The molecule has 0 bridgehead atoms. The average molecular weight is 363 g/mol. The topological polar surface area (TPSA) is 0 Å². The summed E-state index contributed by atoms with van der Waals surface area (Å²) in [6.45, 7) is 0. The Kier molecular flexibility index (Phi) is 5.78. The molecule has 0 nitrogen and oxygen atoms in total. The van der Waals surface area contributed by atoms with Crippen LogP contribution < -0.4 is 0 Å². The Bertz CT molecular complexity index is 115. The monoisotopic (exact) mass is 360 g/mol.